The Morgan fingerprint density at radius 3 is 2.48 bits per heavy atom. The first-order valence-electron chi connectivity index (χ1n) is 6.62. The van der Waals surface area contributed by atoms with Crippen molar-refractivity contribution in [2.75, 3.05) is 14.2 Å². The van der Waals surface area contributed by atoms with Crippen LogP contribution in [0.3, 0.4) is 0 Å². The van der Waals surface area contributed by atoms with Gasteiger partial charge in [-0.2, -0.15) is 4.98 Å². The molecule has 1 heterocycles. The van der Waals surface area contributed by atoms with Gasteiger partial charge < -0.3 is 14.0 Å². The number of hydrogen-bond donors (Lipinski definition) is 0. The lowest BCUT2D eigenvalue weighted by molar-refractivity contribution is 0.355. The Morgan fingerprint density at radius 1 is 1.14 bits per heavy atom. The van der Waals surface area contributed by atoms with Crippen LogP contribution < -0.4 is 9.47 Å². The van der Waals surface area contributed by atoms with Crippen LogP contribution in [-0.4, -0.2) is 29.1 Å². The molecule has 0 aliphatic carbocycles. The number of rotatable bonds is 5. The summed E-state index contributed by atoms with van der Waals surface area (Å²) in [7, 11) is 3.21. The number of benzene rings is 1. The molecule has 0 unspecified atom stereocenters. The molecule has 0 spiro atoms. The minimum atomic E-state index is 0.165. The number of hydrogen-bond acceptors (Lipinski definition) is 6. The van der Waals surface area contributed by atoms with Gasteiger partial charge in [0.05, 0.1) is 20.0 Å². The SMILES string of the molecule is COc1ccc(-c2noc(CSC(C)(C)C)n2)cc1OC. The fraction of sp³-hybridized carbons (Fsp3) is 0.467. The predicted molar refractivity (Wildman–Crippen MR) is 83.9 cm³/mol. The molecular weight excluding hydrogens is 288 g/mol. The number of nitrogens with zero attached hydrogens (tertiary/aromatic N) is 2. The Kier molecular flexibility index (Phi) is 4.77. The first kappa shape index (κ1) is 15.7. The van der Waals surface area contributed by atoms with Gasteiger partial charge in [0.2, 0.25) is 11.7 Å². The zero-order valence-corrected chi connectivity index (χ0v) is 13.8. The Balaban J connectivity index is 2.17. The predicted octanol–water partition coefficient (Wildman–Crippen LogP) is 3.79. The summed E-state index contributed by atoms with van der Waals surface area (Å²) in [6, 6.07) is 5.55. The van der Waals surface area contributed by atoms with Crippen molar-refractivity contribution in [1.82, 2.24) is 10.1 Å². The van der Waals surface area contributed by atoms with Gasteiger partial charge in [0.1, 0.15) is 0 Å². The smallest absolute Gasteiger partial charge is 0.236 e. The van der Waals surface area contributed by atoms with Crippen molar-refractivity contribution in [1.29, 1.82) is 0 Å². The zero-order chi connectivity index (χ0) is 15.5. The van der Waals surface area contributed by atoms with E-state index in [2.05, 4.69) is 30.9 Å². The van der Waals surface area contributed by atoms with Crippen LogP contribution in [0.25, 0.3) is 11.4 Å². The maximum absolute atomic E-state index is 5.29. The molecule has 2 aromatic rings. The van der Waals surface area contributed by atoms with Gasteiger partial charge in [-0.25, -0.2) is 0 Å². The molecule has 0 atom stereocenters. The summed E-state index contributed by atoms with van der Waals surface area (Å²) in [6.45, 7) is 6.47. The van der Waals surface area contributed by atoms with E-state index in [1.54, 1.807) is 26.0 Å². The van der Waals surface area contributed by atoms with Gasteiger partial charge in [0.15, 0.2) is 11.5 Å². The highest BCUT2D eigenvalue weighted by Gasteiger charge is 2.15. The second-order valence-electron chi connectivity index (χ2n) is 5.48. The van der Waals surface area contributed by atoms with E-state index in [-0.39, 0.29) is 4.75 Å². The lowest BCUT2D eigenvalue weighted by atomic mass is 10.2. The van der Waals surface area contributed by atoms with Gasteiger partial charge >= 0.3 is 0 Å². The standard InChI is InChI=1S/C15H20N2O3S/c1-15(2,3)21-9-13-16-14(17-20-13)10-6-7-11(18-4)12(8-10)19-5/h6-8H,9H2,1-5H3. The fourth-order valence-corrected chi connectivity index (χ4v) is 2.36. The lowest BCUT2D eigenvalue weighted by Gasteiger charge is -2.15. The van der Waals surface area contributed by atoms with Gasteiger partial charge in [0.25, 0.3) is 0 Å². The molecule has 0 N–H and O–H groups in total. The Bertz CT molecular complexity index is 605. The third-order valence-corrected chi connectivity index (χ3v) is 4.00. The zero-order valence-electron chi connectivity index (χ0n) is 13.0. The molecule has 21 heavy (non-hydrogen) atoms. The van der Waals surface area contributed by atoms with Crippen LogP contribution in [0.2, 0.25) is 0 Å². The van der Waals surface area contributed by atoms with E-state index in [4.69, 9.17) is 14.0 Å². The molecule has 0 saturated heterocycles. The summed E-state index contributed by atoms with van der Waals surface area (Å²) in [6.07, 6.45) is 0. The highest BCUT2D eigenvalue weighted by atomic mass is 32.2. The van der Waals surface area contributed by atoms with Gasteiger partial charge in [0, 0.05) is 10.3 Å². The van der Waals surface area contributed by atoms with Crippen LogP contribution in [0.1, 0.15) is 26.7 Å². The van der Waals surface area contributed by atoms with E-state index < -0.39 is 0 Å². The number of aromatic nitrogens is 2. The van der Waals surface area contributed by atoms with Crippen LogP contribution in [0.15, 0.2) is 22.7 Å². The average Bonchev–Trinajstić information content (AvgIpc) is 2.92. The molecule has 0 aliphatic rings. The van der Waals surface area contributed by atoms with Crippen molar-refractivity contribution in [2.45, 2.75) is 31.3 Å². The maximum atomic E-state index is 5.29. The van der Waals surface area contributed by atoms with E-state index >= 15 is 0 Å². The van der Waals surface area contributed by atoms with Gasteiger partial charge in [-0.1, -0.05) is 25.9 Å². The lowest BCUT2D eigenvalue weighted by Crippen LogP contribution is -2.07. The molecule has 0 aliphatic heterocycles. The molecular formula is C15H20N2O3S. The summed E-state index contributed by atoms with van der Waals surface area (Å²) >= 11 is 1.77. The molecule has 1 aromatic heterocycles. The monoisotopic (exact) mass is 308 g/mol. The van der Waals surface area contributed by atoms with Crippen molar-refractivity contribution in [2.24, 2.45) is 0 Å². The molecule has 0 fully saturated rings. The first-order valence-corrected chi connectivity index (χ1v) is 7.60. The highest BCUT2D eigenvalue weighted by Crippen LogP contribution is 2.32. The molecule has 0 bridgehead atoms. The molecule has 5 nitrogen and oxygen atoms in total. The maximum Gasteiger partial charge on any atom is 0.236 e. The summed E-state index contributed by atoms with van der Waals surface area (Å²) in [5.41, 5.74) is 0.836. The summed E-state index contributed by atoms with van der Waals surface area (Å²) in [5.74, 6) is 3.20. The fourth-order valence-electron chi connectivity index (χ4n) is 1.68. The second kappa shape index (κ2) is 6.39. The number of thioether (sulfide) groups is 1. The molecule has 6 heteroatoms. The van der Waals surface area contributed by atoms with E-state index in [0.717, 1.165) is 5.56 Å². The van der Waals surface area contributed by atoms with Crippen LogP contribution in [0, 0.1) is 0 Å². The number of methoxy groups -OCH3 is 2. The van der Waals surface area contributed by atoms with Crippen LogP contribution in [0.5, 0.6) is 11.5 Å². The van der Waals surface area contributed by atoms with Crippen molar-refractivity contribution >= 4 is 11.8 Å². The Morgan fingerprint density at radius 2 is 1.86 bits per heavy atom. The quantitative estimate of drug-likeness (QED) is 0.837. The normalized spacial score (nSPS) is 11.5. The largest absolute Gasteiger partial charge is 0.493 e. The van der Waals surface area contributed by atoms with Crippen molar-refractivity contribution in [3.05, 3.63) is 24.1 Å². The Hall–Kier alpha value is -1.69. The van der Waals surface area contributed by atoms with Crippen molar-refractivity contribution < 1.29 is 14.0 Å². The average molecular weight is 308 g/mol. The second-order valence-corrected chi connectivity index (χ2v) is 7.28. The van der Waals surface area contributed by atoms with Crippen molar-refractivity contribution in [3.63, 3.8) is 0 Å². The van der Waals surface area contributed by atoms with E-state index in [9.17, 15) is 0 Å². The molecule has 1 aromatic carbocycles. The minimum absolute atomic E-state index is 0.165. The van der Waals surface area contributed by atoms with E-state index in [1.165, 1.54) is 0 Å². The van der Waals surface area contributed by atoms with E-state index in [0.29, 0.717) is 29.0 Å². The van der Waals surface area contributed by atoms with Crippen LogP contribution >= 0.6 is 11.8 Å². The summed E-state index contributed by atoms with van der Waals surface area (Å²) < 4.78 is 16.0. The summed E-state index contributed by atoms with van der Waals surface area (Å²) in [4.78, 5) is 4.42. The molecule has 0 amide bonds. The molecule has 114 valence electrons. The van der Waals surface area contributed by atoms with Crippen LogP contribution in [0.4, 0.5) is 0 Å². The topological polar surface area (TPSA) is 57.4 Å². The molecule has 0 saturated carbocycles. The third kappa shape index (κ3) is 4.14. The highest BCUT2D eigenvalue weighted by molar-refractivity contribution is 7.99. The van der Waals surface area contributed by atoms with Gasteiger partial charge in [-0.05, 0) is 18.2 Å². The third-order valence-electron chi connectivity index (χ3n) is 2.74. The molecule has 0 radical (unpaired) electrons. The molecule has 2 rings (SSSR count). The Labute approximate surface area is 129 Å². The first-order chi connectivity index (χ1) is 9.93. The minimum Gasteiger partial charge on any atom is -0.493 e. The van der Waals surface area contributed by atoms with Gasteiger partial charge in [-0.3, -0.25) is 0 Å². The summed E-state index contributed by atoms with van der Waals surface area (Å²) in [5, 5.41) is 4.02. The van der Waals surface area contributed by atoms with E-state index in [1.807, 2.05) is 18.2 Å². The van der Waals surface area contributed by atoms with Crippen molar-refractivity contribution in [3.8, 4) is 22.9 Å². The van der Waals surface area contributed by atoms with Crippen LogP contribution in [-0.2, 0) is 5.75 Å². The van der Waals surface area contributed by atoms with Gasteiger partial charge in [-0.15, -0.1) is 11.8 Å². The number of ether oxygens (including phenoxy) is 2.